The third-order valence-electron chi connectivity index (χ3n) is 5.61. The van der Waals surface area contributed by atoms with Crippen LogP contribution in [0.2, 0.25) is 0 Å². The summed E-state index contributed by atoms with van der Waals surface area (Å²) in [5.41, 5.74) is 0. The van der Waals surface area contributed by atoms with Gasteiger partial charge in [-0.1, -0.05) is 90.4 Å². The molecule has 0 saturated carbocycles. The van der Waals surface area contributed by atoms with Gasteiger partial charge in [-0.2, -0.15) is 0 Å². The van der Waals surface area contributed by atoms with Gasteiger partial charge in [0.2, 0.25) is 0 Å². The van der Waals surface area contributed by atoms with Crippen molar-refractivity contribution in [3.8, 4) is 0 Å². The summed E-state index contributed by atoms with van der Waals surface area (Å²) < 4.78 is 10.6. The smallest absolute Gasteiger partial charge is 0.184 e. The number of aliphatic hydroxyl groups is 4. The van der Waals surface area contributed by atoms with Crippen molar-refractivity contribution >= 4 is 0 Å². The maximum Gasteiger partial charge on any atom is 0.184 e. The van der Waals surface area contributed by atoms with Gasteiger partial charge in [0, 0.05) is 6.61 Å². The van der Waals surface area contributed by atoms with E-state index in [9.17, 15) is 20.4 Å². The Morgan fingerprint density at radius 3 is 1.57 bits per heavy atom. The van der Waals surface area contributed by atoms with Gasteiger partial charge in [-0.3, -0.25) is 0 Å². The Morgan fingerprint density at radius 1 is 0.607 bits per heavy atom. The van der Waals surface area contributed by atoms with Crippen LogP contribution in [0.3, 0.4) is 0 Å². The maximum atomic E-state index is 9.83. The van der Waals surface area contributed by atoms with Gasteiger partial charge in [-0.25, -0.2) is 0 Å². The van der Waals surface area contributed by atoms with E-state index in [1.165, 1.54) is 77.0 Å². The molecule has 0 bridgehead atoms. The van der Waals surface area contributed by atoms with Gasteiger partial charge < -0.3 is 29.9 Å². The Morgan fingerprint density at radius 2 is 1.07 bits per heavy atom. The molecule has 6 heteroatoms. The van der Waals surface area contributed by atoms with Crippen LogP contribution >= 0.6 is 0 Å². The fraction of sp³-hybridized carbons (Fsp3) is 1.00. The zero-order valence-corrected chi connectivity index (χ0v) is 17.8. The van der Waals surface area contributed by atoms with Crippen molar-refractivity contribution in [1.29, 1.82) is 0 Å². The lowest BCUT2D eigenvalue weighted by molar-refractivity contribution is -0.288. The van der Waals surface area contributed by atoms with E-state index in [0.29, 0.717) is 6.61 Å². The molecule has 1 saturated heterocycles. The standard InChI is InChI=1S/C22H44O6/c1-2-3-4-5-6-7-8-9-10-11-12-13-14-15-16-27-17-18-19(23)20(24)21(25)22(26)28-18/h18-26H,2-17H2,1H3/t18-,19+,20+,21-,22+/m1/s1. The molecule has 6 nitrogen and oxygen atoms in total. The average Bonchev–Trinajstić information content (AvgIpc) is 2.69. The number of hydrogen-bond donors (Lipinski definition) is 4. The molecule has 1 rings (SSSR count). The highest BCUT2D eigenvalue weighted by atomic mass is 16.6. The first kappa shape index (κ1) is 25.8. The van der Waals surface area contributed by atoms with Crippen LogP contribution in [0, 0.1) is 0 Å². The molecule has 4 N–H and O–H groups in total. The van der Waals surface area contributed by atoms with Gasteiger partial charge in [0.25, 0.3) is 0 Å². The second-order valence-electron chi connectivity index (χ2n) is 8.21. The van der Waals surface area contributed by atoms with E-state index in [1.807, 2.05) is 0 Å². The Hall–Kier alpha value is -0.240. The molecule has 1 heterocycles. The summed E-state index contributed by atoms with van der Waals surface area (Å²) in [7, 11) is 0. The fourth-order valence-electron chi connectivity index (χ4n) is 3.67. The molecule has 0 spiro atoms. The predicted octanol–water partition coefficient (Wildman–Crippen LogP) is 3.28. The first-order valence-corrected chi connectivity index (χ1v) is 11.5. The van der Waals surface area contributed by atoms with E-state index in [1.54, 1.807) is 0 Å². The molecular formula is C22H44O6. The first-order valence-electron chi connectivity index (χ1n) is 11.5. The molecule has 0 unspecified atom stereocenters. The van der Waals surface area contributed by atoms with Gasteiger partial charge in [0.15, 0.2) is 6.29 Å². The molecule has 0 aromatic heterocycles. The minimum Gasteiger partial charge on any atom is -0.387 e. The summed E-state index contributed by atoms with van der Waals surface area (Å²) in [6, 6.07) is 0. The van der Waals surface area contributed by atoms with Gasteiger partial charge in [0.1, 0.15) is 24.4 Å². The highest BCUT2D eigenvalue weighted by molar-refractivity contribution is 4.88. The minimum absolute atomic E-state index is 0.0977. The minimum atomic E-state index is -1.49. The van der Waals surface area contributed by atoms with Gasteiger partial charge >= 0.3 is 0 Å². The number of hydrogen-bond acceptors (Lipinski definition) is 6. The maximum absolute atomic E-state index is 9.83. The molecule has 0 aliphatic carbocycles. The highest BCUT2D eigenvalue weighted by Gasteiger charge is 2.42. The summed E-state index contributed by atoms with van der Waals surface area (Å²) in [5, 5.41) is 38.3. The van der Waals surface area contributed by atoms with Crippen LogP contribution in [0.4, 0.5) is 0 Å². The van der Waals surface area contributed by atoms with E-state index >= 15 is 0 Å². The van der Waals surface area contributed by atoms with Crippen molar-refractivity contribution in [3.05, 3.63) is 0 Å². The molecule has 1 aliphatic heterocycles. The lowest BCUT2D eigenvalue weighted by Crippen LogP contribution is -2.58. The van der Waals surface area contributed by atoms with Crippen LogP contribution in [0.5, 0.6) is 0 Å². The fourth-order valence-corrected chi connectivity index (χ4v) is 3.67. The van der Waals surface area contributed by atoms with E-state index in [2.05, 4.69) is 6.92 Å². The second-order valence-corrected chi connectivity index (χ2v) is 8.21. The van der Waals surface area contributed by atoms with Gasteiger partial charge in [-0.15, -0.1) is 0 Å². The predicted molar refractivity (Wildman–Crippen MR) is 110 cm³/mol. The first-order chi connectivity index (χ1) is 13.6. The molecule has 0 amide bonds. The summed E-state index contributed by atoms with van der Waals surface area (Å²) in [5.74, 6) is 0. The number of rotatable bonds is 17. The molecular weight excluding hydrogens is 360 g/mol. The molecule has 0 radical (unpaired) electrons. The van der Waals surface area contributed by atoms with E-state index in [4.69, 9.17) is 9.47 Å². The summed E-state index contributed by atoms with van der Waals surface area (Å²) in [4.78, 5) is 0. The van der Waals surface area contributed by atoms with E-state index < -0.39 is 30.7 Å². The monoisotopic (exact) mass is 404 g/mol. The van der Waals surface area contributed by atoms with Gasteiger partial charge in [-0.05, 0) is 6.42 Å². The third-order valence-corrected chi connectivity index (χ3v) is 5.61. The van der Waals surface area contributed by atoms with Crippen molar-refractivity contribution in [2.45, 2.75) is 128 Å². The number of ether oxygens (including phenoxy) is 2. The van der Waals surface area contributed by atoms with Crippen LogP contribution in [-0.4, -0.2) is 64.3 Å². The second kappa shape index (κ2) is 16.5. The largest absolute Gasteiger partial charge is 0.387 e. The van der Waals surface area contributed by atoms with Crippen LogP contribution in [0.25, 0.3) is 0 Å². The number of unbranched alkanes of at least 4 members (excludes halogenated alkanes) is 13. The SMILES string of the molecule is CCCCCCCCCCCCCCCCOC[C@H]1O[C@H](O)[C@H](O)[C@@H](O)[C@H]1O. The van der Waals surface area contributed by atoms with E-state index in [-0.39, 0.29) is 6.61 Å². The Bertz CT molecular complexity index is 354. The summed E-state index contributed by atoms with van der Waals surface area (Å²) in [6.45, 7) is 2.93. The van der Waals surface area contributed by atoms with Crippen LogP contribution in [-0.2, 0) is 9.47 Å². The van der Waals surface area contributed by atoms with Crippen molar-refractivity contribution in [3.63, 3.8) is 0 Å². The third kappa shape index (κ3) is 11.1. The Balaban J connectivity index is 1.83. The summed E-state index contributed by atoms with van der Waals surface area (Å²) >= 11 is 0. The highest BCUT2D eigenvalue weighted by Crippen LogP contribution is 2.20. The van der Waals surface area contributed by atoms with Crippen molar-refractivity contribution < 1.29 is 29.9 Å². The topological polar surface area (TPSA) is 99.4 Å². The molecule has 168 valence electrons. The van der Waals surface area contributed by atoms with E-state index in [0.717, 1.165) is 12.8 Å². The van der Waals surface area contributed by atoms with Crippen LogP contribution in [0.15, 0.2) is 0 Å². The summed E-state index contributed by atoms with van der Waals surface area (Å²) in [6.07, 6.45) is 11.8. The molecule has 28 heavy (non-hydrogen) atoms. The van der Waals surface area contributed by atoms with Crippen molar-refractivity contribution in [1.82, 2.24) is 0 Å². The number of aliphatic hydroxyl groups excluding tert-OH is 4. The molecule has 1 fully saturated rings. The normalized spacial score (nSPS) is 28.0. The lowest BCUT2D eigenvalue weighted by Gasteiger charge is -2.38. The molecule has 0 aromatic carbocycles. The molecule has 1 aliphatic rings. The zero-order chi connectivity index (χ0) is 20.6. The van der Waals surface area contributed by atoms with Gasteiger partial charge in [0.05, 0.1) is 6.61 Å². The molecule has 0 aromatic rings. The Kier molecular flexibility index (Phi) is 15.2. The quantitative estimate of drug-likeness (QED) is 0.278. The zero-order valence-electron chi connectivity index (χ0n) is 17.8. The average molecular weight is 405 g/mol. The van der Waals surface area contributed by atoms with Crippen molar-refractivity contribution in [2.75, 3.05) is 13.2 Å². The van der Waals surface area contributed by atoms with Crippen LogP contribution < -0.4 is 0 Å². The van der Waals surface area contributed by atoms with Crippen LogP contribution in [0.1, 0.15) is 96.8 Å². The van der Waals surface area contributed by atoms with Crippen molar-refractivity contribution in [2.24, 2.45) is 0 Å². The lowest BCUT2D eigenvalue weighted by atomic mass is 9.99. The Labute approximate surface area is 171 Å². The molecule has 5 atom stereocenters.